The van der Waals surface area contributed by atoms with Gasteiger partial charge in [0.2, 0.25) is 0 Å². The van der Waals surface area contributed by atoms with Crippen molar-refractivity contribution in [3.05, 3.63) is 29.8 Å². The van der Waals surface area contributed by atoms with Crippen molar-refractivity contribution in [3.8, 4) is 0 Å². The van der Waals surface area contributed by atoms with Crippen LogP contribution in [-0.2, 0) is 16.0 Å². The van der Waals surface area contributed by atoms with Crippen LogP contribution in [0.1, 0.15) is 32.3 Å². The summed E-state index contributed by atoms with van der Waals surface area (Å²) in [5, 5.41) is 3.42. The Labute approximate surface area is 185 Å². The lowest BCUT2D eigenvalue weighted by Crippen LogP contribution is -2.47. The minimum Gasteiger partial charge on any atom is -0.469 e. The average molecular weight is 500 g/mol. The summed E-state index contributed by atoms with van der Waals surface area (Å²) in [7, 11) is 1.47. The van der Waals surface area contributed by atoms with E-state index in [-0.39, 0.29) is 35.9 Å². The molecule has 2 aliphatic heterocycles. The molecular formula is C21H33IN4O2. The fourth-order valence-electron chi connectivity index (χ4n) is 4.06. The number of ether oxygens (including phenoxy) is 1. The molecule has 0 radical (unpaired) electrons. The Bertz CT molecular complexity index is 674. The minimum atomic E-state index is -0.0853. The molecule has 1 saturated heterocycles. The lowest BCUT2D eigenvalue weighted by molar-refractivity contribution is -0.146. The molecule has 7 heteroatoms. The number of carbonyl (C=O) groups excluding carboxylic acids is 1. The highest BCUT2D eigenvalue weighted by molar-refractivity contribution is 14.0. The quantitative estimate of drug-likeness (QED) is 0.292. The average Bonchev–Trinajstić information content (AvgIpc) is 3.14. The number of halogens is 1. The number of likely N-dealkylation sites (tertiary alicyclic amines) is 1. The van der Waals surface area contributed by atoms with Gasteiger partial charge in [-0.15, -0.1) is 24.0 Å². The number of para-hydroxylation sites is 1. The first-order valence-corrected chi connectivity index (χ1v) is 10.1. The first kappa shape index (κ1) is 22.8. The molecule has 1 fully saturated rings. The third-order valence-corrected chi connectivity index (χ3v) is 5.62. The summed E-state index contributed by atoms with van der Waals surface area (Å²) in [5.41, 5.74) is 2.79. The van der Waals surface area contributed by atoms with Crippen LogP contribution in [0, 0.1) is 5.92 Å². The number of piperidine rings is 1. The smallest absolute Gasteiger partial charge is 0.308 e. The van der Waals surface area contributed by atoms with Crippen molar-refractivity contribution in [1.82, 2.24) is 10.2 Å². The zero-order valence-corrected chi connectivity index (χ0v) is 19.5. The Morgan fingerprint density at radius 2 is 2.00 bits per heavy atom. The summed E-state index contributed by atoms with van der Waals surface area (Å²) in [6, 6.07) is 9.02. The maximum atomic E-state index is 11.7. The fraction of sp³-hybridized carbons (Fsp3) is 0.619. The first-order valence-electron chi connectivity index (χ1n) is 10.1. The second-order valence-electron chi connectivity index (χ2n) is 7.40. The number of guanidine groups is 1. The van der Waals surface area contributed by atoms with E-state index in [1.54, 1.807) is 0 Å². The van der Waals surface area contributed by atoms with Crippen molar-refractivity contribution >= 4 is 41.6 Å². The van der Waals surface area contributed by atoms with E-state index in [1.807, 2.05) is 0 Å². The van der Waals surface area contributed by atoms with Crippen LogP contribution in [-0.4, -0.2) is 62.7 Å². The van der Waals surface area contributed by atoms with Crippen LogP contribution in [0.15, 0.2) is 29.3 Å². The normalized spacial score (nSPS) is 18.3. The Kier molecular flexibility index (Phi) is 8.85. The Morgan fingerprint density at radius 3 is 2.68 bits per heavy atom. The molecule has 3 rings (SSSR count). The number of fused-ring (bicyclic) bond motifs is 1. The highest BCUT2D eigenvalue weighted by Gasteiger charge is 2.27. The molecule has 1 N–H and O–H groups in total. The Hall–Kier alpha value is -1.51. The van der Waals surface area contributed by atoms with Crippen molar-refractivity contribution in [2.24, 2.45) is 10.9 Å². The maximum Gasteiger partial charge on any atom is 0.308 e. The molecule has 0 amide bonds. The molecule has 6 nitrogen and oxygen atoms in total. The zero-order valence-electron chi connectivity index (χ0n) is 17.2. The number of carbonyl (C=O) groups is 1. The minimum absolute atomic E-state index is 0. The van der Waals surface area contributed by atoms with Crippen LogP contribution < -0.4 is 10.2 Å². The number of anilines is 1. The van der Waals surface area contributed by atoms with Crippen molar-refractivity contribution in [1.29, 1.82) is 0 Å². The van der Waals surface area contributed by atoms with E-state index in [4.69, 9.17) is 9.73 Å². The molecule has 2 aliphatic rings. The standard InChI is InChI=1S/C21H32N4O2.HI/c1-4-22-21(24-12-9-18(10-13-24)20(26)27-3)23-15-16(2)25-14-11-17-7-5-6-8-19(17)25;/h5-8,16,18H,4,9-15H2,1-3H3,(H,22,23);1H. The number of hydrogen-bond acceptors (Lipinski definition) is 4. The molecule has 0 saturated carbocycles. The molecule has 1 unspecified atom stereocenters. The van der Waals surface area contributed by atoms with Gasteiger partial charge in [0.15, 0.2) is 5.96 Å². The first-order chi connectivity index (χ1) is 13.1. The summed E-state index contributed by atoms with van der Waals surface area (Å²) >= 11 is 0. The van der Waals surface area contributed by atoms with Crippen LogP contribution in [0.4, 0.5) is 5.69 Å². The number of nitrogens with zero attached hydrogens (tertiary/aromatic N) is 3. The van der Waals surface area contributed by atoms with Gasteiger partial charge in [-0.1, -0.05) is 18.2 Å². The number of methoxy groups -OCH3 is 1. The lowest BCUT2D eigenvalue weighted by Gasteiger charge is -2.33. The monoisotopic (exact) mass is 500 g/mol. The van der Waals surface area contributed by atoms with E-state index in [0.717, 1.165) is 57.9 Å². The third-order valence-electron chi connectivity index (χ3n) is 5.62. The number of esters is 1. The van der Waals surface area contributed by atoms with Gasteiger partial charge in [0.25, 0.3) is 0 Å². The van der Waals surface area contributed by atoms with Gasteiger partial charge >= 0.3 is 5.97 Å². The number of rotatable bonds is 5. The third kappa shape index (κ3) is 5.30. The van der Waals surface area contributed by atoms with Gasteiger partial charge in [-0.25, -0.2) is 0 Å². The van der Waals surface area contributed by atoms with Gasteiger partial charge in [0, 0.05) is 37.9 Å². The summed E-state index contributed by atoms with van der Waals surface area (Å²) in [4.78, 5) is 21.4. The van der Waals surface area contributed by atoms with Crippen LogP contribution in [0.25, 0.3) is 0 Å². The molecule has 156 valence electrons. The van der Waals surface area contributed by atoms with Crippen molar-refractivity contribution in [3.63, 3.8) is 0 Å². The SMILES string of the molecule is CCNC(=NCC(C)N1CCc2ccccc21)N1CCC(C(=O)OC)CC1.I. The number of benzene rings is 1. The molecule has 28 heavy (non-hydrogen) atoms. The van der Waals surface area contributed by atoms with Crippen LogP contribution >= 0.6 is 24.0 Å². The summed E-state index contributed by atoms with van der Waals surface area (Å²) in [6.45, 7) is 8.69. The van der Waals surface area contributed by atoms with Crippen LogP contribution in [0.2, 0.25) is 0 Å². The topological polar surface area (TPSA) is 57.2 Å². The van der Waals surface area contributed by atoms with Gasteiger partial charge in [0.05, 0.1) is 19.6 Å². The van der Waals surface area contributed by atoms with Crippen molar-refractivity contribution in [2.45, 2.75) is 39.2 Å². The maximum absolute atomic E-state index is 11.7. The van der Waals surface area contributed by atoms with Gasteiger partial charge in [-0.2, -0.15) is 0 Å². The summed E-state index contributed by atoms with van der Waals surface area (Å²) in [6.07, 6.45) is 2.77. The number of hydrogen-bond donors (Lipinski definition) is 1. The summed E-state index contributed by atoms with van der Waals surface area (Å²) in [5.74, 6) is 0.896. The van der Waals surface area contributed by atoms with Gasteiger partial charge < -0.3 is 19.9 Å². The second-order valence-corrected chi connectivity index (χ2v) is 7.40. The molecule has 0 spiro atoms. The number of aliphatic imine (C=N–C) groups is 1. The predicted molar refractivity (Wildman–Crippen MR) is 125 cm³/mol. The van der Waals surface area contributed by atoms with E-state index in [2.05, 4.69) is 53.2 Å². The van der Waals surface area contributed by atoms with E-state index in [1.165, 1.54) is 18.4 Å². The van der Waals surface area contributed by atoms with E-state index >= 15 is 0 Å². The van der Waals surface area contributed by atoms with Crippen molar-refractivity contribution in [2.75, 3.05) is 44.7 Å². The lowest BCUT2D eigenvalue weighted by atomic mass is 9.97. The van der Waals surface area contributed by atoms with E-state index < -0.39 is 0 Å². The van der Waals surface area contributed by atoms with Gasteiger partial charge in [-0.3, -0.25) is 9.79 Å². The van der Waals surface area contributed by atoms with E-state index in [9.17, 15) is 4.79 Å². The van der Waals surface area contributed by atoms with E-state index in [0.29, 0.717) is 6.04 Å². The Morgan fingerprint density at radius 1 is 1.29 bits per heavy atom. The number of nitrogens with one attached hydrogen (secondary N) is 1. The fourth-order valence-corrected chi connectivity index (χ4v) is 4.06. The molecule has 0 aliphatic carbocycles. The largest absolute Gasteiger partial charge is 0.469 e. The molecule has 0 aromatic heterocycles. The molecule has 1 aromatic rings. The molecule has 1 aromatic carbocycles. The zero-order chi connectivity index (χ0) is 19.2. The predicted octanol–water partition coefficient (Wildman–Crippen LogP) is 2.91. The van der Waals surface area contributed by atoms with Crippen LogP contribution in [0.3, 0.4) is 0 Å². The van der Waals surface area contributed by atoms with Gasteiger partial charge in [0.1, 0.15) is 0 Å². The second kappa shape index (κ2) is 10.9. The highest BCUT2D eigenvalue weighted by atomic mass is 127. The van der Waals surface area contributed by atoms with Crippen LogP contribution in [0.5, 0.6) is 0 Å². The van der Waals surface area contributed by atoms with Gasteiger partial charge in [-0.05, 0) is 44.7 Å². The molecular weight excluding hydrogens is 467 g/mol. The highest BCUT2D eigenvalue weighted by Crippen LogP contribution is 2.29. The molecule has 0 bridgehead atoms. The Balaban J connectivity index is 0.00000280. The summed E-state index contributed by atoms with van der Waals surface area (Å²) < 4.78 is 4.89. The van der Waals surface area contributed by atoms with Crippen molar-refractivity contribution < 1.29 is 9.53 Å². The molecule has 2 heterocycles. The molecule has 1 atom stereocenters.